The van der Waals surface area contributed by atoms with Gasteiger partial charge in [-0.3, -0.25) is 0 Å². The summed E-state index contributed by atoms with van der Waals surface area (Å²) in [6.07, 6.45) is 0. The molecule has 0 bridgehead atoms. The van der Waals surface area contributed by atoms with E-state index in [2.05, 4.69) is 150 Å². The van der Waals surface area contributed by atoms with E-state index >= 15 is 0 Å². The van der Waals surface area contributed by atoms with E-state index in [4.69, 9.17) is 20.6 Å². The van der Waals surface area contributed by atoms with Crippen LogP contribution >= 0.6 is 0 Å². The highest BCUT2D eigenvalue weighted by atomic mass is 15.4. The van der Waals surface area contributed by atoms with Crippen LogP contribution < -0.4 is 0 Å². The molecule has 0 aliphatic heterocycles. The second-order valence-electron chi connectivity index (χ2n) is 13.9. The summed E-state index contributed by atoms with van der Waals surface area (Å²) in [6.45, 7) is 17.8. The Morgan fingerprint density at radius 1 is 0.455 bits per heavy atom. The third-order valence-electron chi connectivity index (χ3n) is 8.73. The second-order valence-corrected chi connectivity index (χ2v) is 13.9. The molecule has 0 unspecified atom stereocenters. The lowest BCUT2D eigenvalue weighted by atomic mass is 9.84. The largest absolute Gasteiger partial charge is 0.212 e. The Morgan fingerprint density at radius 3 is 1.18 bits per heavy atom. The van der Waals surface area contributed by atoms with Gasteiger partial charge in [-0.1, -0.05) is 137 Å². The van der Waals surface area contributed by atoms with Crippen molar-refractivity contribution in [3.05, 3.63) is 149 Å². The lowest BCUT2D eigenvalue weighted by molar-refractivity contribution is 0.579. The summed E-state index contributed by atoms with van der Waals surface area (Å²) in [7, 11) is 0. The van der Waals surface area contributed by atoms with Crippen molar-refractivity contribution in [1.29, 1.82) is 0 Å². The highest BCUT2D eigenvalue weighted by Gasteiger charge is 2.24. The number of rotatable bonds is 2. The third-order valence-corrected chi connectivity index (χ3v) is 8.73. The highest BCUT2D eigenvalue weighted by molar-refractivity contribution is 5.52. The number of aryl methyl sites for hydroxylation is 2. The van der Waals surface area contributed by atoms with Gasteiger partial charge >= 0.3 is 0 Å². The van der Waals surface area contributed by atoms with E-state index in [0.717, 1.165) is 64.8 Å². The molecule has 0 N–H and O–H groups in total. The molecule has 1 aliphatic rings. The third kappa shape index (κ3) is 4.23. The van der Waals surface area contributed by atoms with Crippen LogP contribution in [-0.4, -0.2) is 30.0 Å². The number of hydrogen-bond acceptors (Lipinski definition) is 4. The first-order chi connectivity index (χ1) is 21.0. The summed E-state index contributed by atoms with van der Waals surface area (Å²) in [5.74, 6) is 0. The number of para-hydroxylation sites is 2. The van der Waals surface area contributed by atoms with Crippen LogP contribution in [-0.2, 0) is 10.8 Å². The minimum absolute atomic E-state index is 0.0941. The van der Waals surface area contributed by atoms with E-state index in [1.54, 1.807) is 0 Å². The van der Waals surface area contributed by atoms with Gasteiger partial charge in [0.15, 0.2) is 0 Å². The molecule has 0 radical (unpaired) electrons. The van der Waals surface area contributed by atoms with Crippen LogP contribution in [0, 0.1) is 56.1 Å². The summed E-state index contributed by atoms with van der Waals surface area (Å²) in [5, 5.41) is 27.2. The number of aromatic nitrogens is 6. The fourth-order valence-electron chi connectivity index (χ4n) is 6.61. The fourth-order valence-corrected chi connectivity index (χ4v) is 6.61. The molecule has 6 aromatic rings. The van der Waals surface area contributed by atoms with E-state index in [1.165, 1.54) is 11.1 Å². The quantitative estimate of drug-likeness (QED) is 0.213. The van der Waals surface area contributed by atoms with E-state index < -0.39 is 0 Å². The van der Waals surface area contributed by atoms with Crippen molar-refractivity contribution < 1.29 is 0 Å². The molecule has 1 aliphatic carbocycles. The first-order valence-electron chi connectivity index (χ1n) is 15.3. The molecule has 6 nitrogen and oxygen atoms in total. The van der Waals surface area contributed by atoms with Gasteiger partial charge in [-0.05, 0) is 46.9 Å². The molecular weight excluding hydrogens is 540 g/mol. The van der Waals surface area contributed by atoms with E-state index in [9.17, 15) is 0 Å². The predicted molar refractivity (Wildman–Crippen MR) is 173 cm³/mol. The standard InChI is InChI=1S/C38H38N6/c1-23-15-13-21-29(37(3,4)5)33(23)43-35-27-19-11-12-20-28(27)36-32(26-18-10-9-17-25(26)31(35)39-41-43)40-42-44(36)34-24(2)16-14-22-30(34)38(6,7)8/h9-22H,1-8H3. The second kappa shape index (κ2) is 9.84. The molecule has 220 valence electrons. The predicted octanol–water partition coefficient (Wildman–Crippen LogP) is 7.52. The molecule has 0 spiro atoms. The van der Waals surface area contributed by atoms with Crippen molar-refractivity contribution in [2.75, 3.05) is 0 Å². The first-order valence-corrected chi connectivity index (χ1v) is 15.3. The molecule has 44 heavy (non-hydrogen) atoms. The summed E-state index contributed by atoms with van der Waals surface area (Å²) >= 11 is 0. The van der Waals surface area contributed by atoms with Gasteiger partial charge in [-0.25, -0.2) is 9.36 Å². The molecule has 0 saturated heterocycles. The topological polar surface area (TPSA) is 61.4 Å². The zero-order valence-corrected chi connectivity index (χ0v) is 26.8. The van der Waals surface area contributed by atoms with Gasteiger partial charge in [-0.2, -0.15) is 0 Å². The van der Waals surface area contributed by atoms with Crippen LogP contribution in [0.3, 0.4) is 0 Å². The molecule has 4 aromatic carbocycles. The van der Waals surface area contributed by atoms with Gasteiger partial charge in [0.05, 0.1) is 11.4 Å². The van der Waals surface area contributed by atoms with Gasteiger partial charge in [0.1, 0.15) is 21.4 Å². The Bertz CT molecular complexity index is 2320. The monoisotopic (exact) mass is 578 g/mol. The van der Waals surface area contributed by atoms with Gasteiger partial charge in [0.2, 0.25) is 0 Å². The Hall–Kier alpha value is -4.84. The molecule has 2 heterocycles. The van der Waals surface area contributed by atoms with Crippen LogP contribution in [0.1, 0.15) is 63.8 Å². The molecule has 0 fully saturated rings. The van der Waals surface area contributed by atoms with Crippen molar-refractivity contribution in [2.45, 2.75) is 66.2 Å². The van der Waals surface area contributed by atoms with Crippen LogP contribution in [0.15, 0.2) is 84.9 Å². The zero-order valence-electron chi connectivity index (χ0n) is 26.8. The normalized spacial score (nSPS) is 12.5. The van der Waals surface area contributed by atoms with Gasteiger partial charge < -0.3 is 0 Å². The van der Waals surface area contributed by atoms with E-state index in [1.807, 2.05) is 0 Å². The van der Waals surface area contributed by atoms with Crippen LogP contribution in [0.25, 0.3) is 11.4 Å². The Morgan fingerprint density at radius 2 is 0.818 bits per heavy atom. The maximum absolute atomic E-state index is 4.90. The maximum atomic E-state index is 4.90. The average Bonchev–Trinajstić information content (AvgIpc) is 3.60. The number of benzene rings is 4. The summed E-state index contributed by atoms with van der Waals surface area (Å²) in [6, 6.07) is 29.9. The molecule has 0 amide bonds. The van der Waals surface area contributed by atoms with Crippen molar-refractivity contribution in [3.63, 3.8) is 0 Å². The van der Waals surface area contributed by atoms with Crippen molar-refractivity contribution in [1.82, 2.24) is 30.0 Å². The van der Waals surface area contributed by atoms with Gasteiger partial charge in [0, 0.05) is 20.9 Å². The average molecular weight is 579 g/mol. The summed E-state index contributed by atoms with van der Waals surface area (Å²) < 4.78 is 4.13. The molecule has 2 aromatic heterocycles. The van der Waals surface area contributed by atoms with Crippen molar-refractivity contribution in [3.8, 4) is 11.4 Å². The molecule has 0 atom stereocenters. The lowest BCUT2D eigenvalue weighted by Crippen LogP contribution is -2.17. The summed E-state index contributed by atoms with van der Waals surface area (Å²) in [4.78, 5) is 0. The van der Waals surface area contributed by atoms with Gasteiger partial charge in [-0.15, -0.1) is 10.2 Å². The van der Waals surface area contributed by atoms with Crippen LogP contribution in [0.4, 0.5) is 0 Å². The maximum Gasteiger partial charge on any atom is 0.122 e. The molecule has 6 heteroatoms. The first kappa shape index (κ1) is 28.0. The minimum Gasteiger partial charge on any atom is -0.212 e. The Balaban J connectivity index is 1.84. The Kier molecular flexibility index (Phi) is 6.26. The number of fused-ring (bicyclic) bond motifs is 4. The van der Waals surface area contributed by atoms with Gasteiger partial charge in [0.25, 0.3) is 0 Å². The molecule has 7 rings (SSSR count). The summed E-state index contributed by atoms with van der Waals surface area (Å²) in [5.41, 5.74) is 6.71. The van der Waals surface area contributed by atoms with E-state index in [-0.39, 0.29) is 10.8 Å². The number of hydrogen-bond donors (Lipinski definition) is 0. The highest BCUT2D eigenvalue weighted by Crippen LogP contribution is 2.32. The Labute approximate surface area is 256 Å². The fraction of sp³-hybridized carbons (Fsp3) is 0.263. The van der Waals surface area contributed by atoms with E-state index in [0.29, 0.717) is 0 Å². The SMILES string of the molecule is Cc1cccc(C(C)(C)C)c1-n1nnc2c1=c1ccccc1=c1c(nnn1-c1c(C)cccc1C(C)(C)C)=c1ccccc1=2. The van der Waals surface area contributed by atoms with Crippen molar-refractivity contribution in [2.24, 2.45) is 0 Å². The zero-order chi connectivity index (χ0) is 31.0. The molecule has 0 saturated carbocycles. The van der Waals surface area contributed by atoms with Crippen LogP contribution in [0.2, 0.25) is 0 Å². The minimum atomic E-state index is -0.0941. The van der Waals surface area contributed by atoms with Crippen LogP contribution in [0.5, 0.6) is 0 Å². The van der Waals surface area contributed by atoms with Crippen molar-refractivity contribution >= 4 is 0 Å². The lowest BCUT2D eigenvalue weighted by Gasteiger charge is -2.24. The molecular formula is C38H38N6. The smallest absolute Gasteiger partial charge is 0.122 e. The number of nitrogens with zero attached hydrogens (tertiary/aromatic N) is 6.